The van der Waals surface area contributed by atoms with Crippen molar-refractivity contribution in [2.24, 2.45) is 0 Å². The second-order valence-corrected chi connectivity index (χ2v) is 6.18. The Kier molecular flexibility index (Phi) is 5.03. The average Bonchev–Trinajstić information content (AvgIpc) is 2.53. The van der Waals surface area contributed by atoms with Crippen LogP contribution in [0.1, 0.15) is 30.4 Å². The van der Waals surface area contributed by atoms with Crippen molar-refractivity contribution in [1.29, 1.82) is 0 Å². The van der Waals surface area contributed by atoms with Crippen molar-refractivity contribution >= 4 is 17.5 Å². The molecular weight excluding hydrogens is 282 g/mol. The number of hydrogen-bond acceptors (Lipinski definition) is 1. The van der Waals surface area contributed by atoms with Gasteiger partial charge in [-0.25, -0.2) is 0 Å². The van der Waals surface area contributed by atoms with E-state index >= 15 is 0 Å². The van der Waals surface area contributed by atoms with Gasteiger partial charge in [0, 0.05) is 12.0 Å². The van der Waals surface area contributed by atoms with Gasteiger partial charge in [0.1, 0.15) is 5.38 Å². The van der Waals surface area contributed by atoms with Gasteiger partial charge in [0.05, 0.1) is 0 Å². The van der Waals surface area contributed by atoms with Crippen molar-refractivity contribution in [2.75, 3.05) is 6.54 Å². The summed E-state index contributed by atoms with van der Waals surface area (Å²) in [6, 6.07) is 19.5. The molecular formula is C18H20ClNO. The zero-order valence-corrected chi connectivity index (χ0v) is 13.1. The summed E-state index contributed by atoms with van der Waals surface area (Å²) < 4.78 is 0. The van der Waals surface area contributed by atoms with Crippen molar-refractivity contribution in [3.63, 3.8) is 0 Å². The third-order valence-electron chi connectivity index (χ3n) is 3.58. The maximum absolute atomic E-state index is 12.2. The van der Waals surface area contributed by atoms with Crippen LogP contribution < -0.4 is 5.32 Å². The van der Waals surface area contributed by atoms with E-state index in [0.29, 0.717) is 6.54 Å². The summed E-state index contributed by atoms with van der Waals surface area (Å²) in [4.78, 5) is 12.2. The van der Waals surface area contributed by atoms with Gasteiger partial charge in [-0.1, -0.05) is 74.5 Å². The third-order valence-corrected chi connectivity index (χ3v) is 4.03. The summed E-state index contributed by atoms with van der Waals surface area (Å²) >= 11 is 6.22. The Hall–Kier alpha value is -1.80. The number of carbonyl (C=O) groups excluding carboxylic acids is 1. The number of amides is 1. The summed E-state index contributed by atoms with van der Waals surface area (Å²) in [5.74, 6) is -0.160. The molecule has 0 bridgehead atoms. The molecule has 1 N–H and O–H groups in total. The molecule has 0 aromatic heterocycles. The van der Waals surface area contributed by atoms with Crippen LogP contribution in [0.5, 0.6) is 0 Å². The molecule has 3 heteroatoms. The highest BCUT2D eigenvalue weighted by Crippen LogP contribution is 2.23. The number of carbonyl (C=O) groups is 1. The Labute approximate surface area is 131 Å². The highest BCUT2D eigenvalue weighted by molar-refractivity contribution is 6.30. The Morgan fingerprint density at radius 3 is 2.14 bits per heavy atom. The molecule has 1 atom stereocenters. The Bertz CT molecular complexity index is 581. The number of rotatable bonds is 5. The number of nitrogens with one attached hydrogen (secondary N) is 1. The van der Waals surface area contributed by atoms with E-state index in [4.69, 9.17) is 11.6 Å². The van der Waals surface area contributed by atoms with Crippen molar-refractivity contribution in [3.05, 3.63) is 71.8 Å². The predicted octanol–water partition coefficient (Wildman–Crippen LogP) is 4.06. The fourth-order valence-electron chi connectivity index (χ4n) is 2.16. The van der Waals surface area contributed by atoms with Gasteiger partial charge in [0.25, 0.3) is 0 Å². The molecule has 2 aromatic carbocycles. The number of halogens is 1. The molecule has 2 aromatic rings. The Morgan fingerprint density at radius 2 is 1.57 bits per heavy atom. The van der Waals surface area contributed by atoms with Crippen molar-refractivity contribution in [1.82, 2.24) is 5.32 Å². The molecule has 2 nitrogen and oxygen atoms in total. The molecule has 1 unspecified atom stereocenters. The van der Waals surface area contributed by atoms with Crippen LogP contribution in [0, 0.1) is 0 Å². The fraction of sp³-hybridized carbons (Fsp3) is 0.278. The summed E-state index contributed by atoms with van der Waals surface area (Å²) in [6.07, 6.45) is 0. The molecule has 0 radical (unpaired) electrons. The molecule has 0 aliphatic rings. The Balaban J connectivity index is 1.98. The SMILES string of the molecule is CC(C)(CNC(=O)C(Cl)c1ccccc1)c1ccccc1. The minimum Gasteiger partial charge on any atom is -0.354 e. The van der Waals surface area contributed by atoms with Gasteiger partial charge >= 0.3 is 0 Å². The molecule has 110 valence electrons. The zero-order chi connectivity index (χ0) is 15.3. The standard InChI is InChI=1S/C18H20ClNO/c1-18(2,15-11-7-4-8-12-15)13-20-17(21)16(19)14-9-5-3-6-10-14/h3-12,16H,13H2,1-2H3,(H,20,21). The lowest BCUT2D eigenvalue weighted by Crippen LogP contribution is -2.38. The lowest BCUT2D eigenvalue weighted by molar-refractivity contribution is -0.121. The molecule has 0 heterocycles. The van der Waals surface area contributed by atoms with E-state index in [-0.39, 0.29) is 11.3 Å². The van der Waals surface area contributed by atoms with Crippen molar-refractivity contribution in [3.8, 4) is 0 Å². The molecule has 0 fully saturated rings. The molecule has 0 aliphatic carbocycles. The van der Waals surface area contributed by atoms with Crippen LogP contribution in [0.4, 0.5) is 0 Å². The predicted molar refractivity (Wildman–Crippen MR) is 87.5 cm³/mol. The normalized spacial score (nSPS) is 12.7. The topological polar surface area (TPSA) is 29.1 Å². The van der Waals surface area contributed by atoms with Crippen LogP contribution in [0.15, 0.2) is 60.7 Å². The van der Waals surface area contributed by atoms with Gasteiger partial charge in [-0.2, -0.15) is 0 Å². The van der Waals surface area contributed by atoms with Gasteiger partial charge in [-0.05, 0) is 11.1 Å². The minimum atomic E-state index is -0.655. The molecule has 21 heavy (non-hydrogen) atoms. The first-order valence-corrected chi connectivity index (χ1v) is 7.46. The van der Waals surface area contributed by atoms with E-state index < -0.39 is 5.38 Å². The lowest BCUT2D eigenvalue weighted by atomic mass is 9.84. The largest absolute Gasteiger partial charge is 0.354 e. The number of hydrogen-bond donors (Lipinski definition) is 1. The van der Waals surface area contributed by atoms with Gasteiger partial charge in [0.2, 0.25) is 5.91 Å². The lowest BCUT2D eigenvalue weighted by Gasteiger charge is -2.26. The fourth-order valence-corrected chi connectivity index (χ4v) is 2.39. The summed E-state index contributed by atoms with van der Waals surface area (Å²) in [7, 11) is 0. The zero-order valence-electron chi connectivity index (χ0n) is 12.3. The van der Waals surface area contributed by atoms with Gasteiger partial charge in [-0.3, -0.25) is 4.79 Å². The first-order valence-electron chi connectivity index (χ1n) is 7.03. The first kappa shape index (κ1) is 15.6. The monoisotopic (exact) mass is 301 g/mol. The molecule has 0 saturated heterocycles. The van der Waals surface area contributed by atoms with Crippen molar-refractivity contribution in [2.45, 2.75) is 24.6 Å². The highest BCUT2D eigenvalue weighted by Gasteiger charge is 2.23. The van der Waals surface area contributed by atoms with E-state index in [1.165, 1.54) is 5.56 Å². The van der Waals surface area contributed by atoms with Gasteiger partial charge in [0.15, 0.2) is 0 Å². The maximum atomic E-state index is 12.2. The second-order valence-electron chi connectivity index (χ2n) is 5.74. The van der Waals surface area contributed by atoms with Crippen LogP contribution in [-0.4, -0.2) is 12.5 Å². The van der Waals surface area contributed by atoms with Crippen molar-refractivity contribution < 1.29 is 4.79 Å². The number of benzene rings is 2. The summed E-state index contributed by atoms with van der Waals surface area (Å²) in [5, 5.41) is 2.29. The van der Waals surface area contributed by atoms with E-state index in [2.05, 4.69) is 31.3 Å². The minimum absolute atomic E-state index is 0.135. The summed E-state index contributed by atoms with van der Waals surface area (Å²) in [6.45, 7) is 4.76. The van der Waals surface area contributed by atoms with E-state index in [0.717, 1.165) is 5.56 Å². The maximum Gasteiger partial charge on any atom is 0.242 e. The van der Waals surface area contributed by atoms with E-state index in [1.807, 2.05) is 48.5 Å². The molecule has 0 saturated carbocycles. The van der Waals surface area contributed by atoms with Crippen LogP contribution in [0.25, 0.3) is 0 Å². The van der Waals surface area contributed by atoms with Gasteiger partial charge < -0.3 is 5.32 Å². The number of alkyl halides is 1. The van der Waals surface area contributed by atoms with E-state index in [1.54, 1.807) is 0 Å². The first-order chi connectivity index (χ1) is 10.0. The Morgan fingerprint density at radius 1 is 1.05 bits per heavy atom. The molecule has 2 rings (SSSR count). The molecule has 0 aliphatic heterocycles. The van der Waals surface area contributed by atoms with Crippen LogP contribution in [0.2, 0.25) is 0 Å². The van der Waals surface area contributed by atoms with Crippen LogP contribution >= 0.6 is 11.6 Å². The van der Waals surface area contributed by atoms with Crippen LogP contribution in [-0.2, 0) is 10.2 Å². The van der Waals surface area contributed by atoms with Gasteiger partial charge in [-0.15, -0.1) is 11.6 Å². The smallest absolute Gasteiger partial charge is 0.242 e. The van der Waals surface area contributed by atoms with E-state index in [9.17, 15) is 4.79 Å². The quantitative estimate of drug-likeness (QED) is 0.829. The van der Waals surface area contributed by atoms with Crippen LogP contribution in [0.3, 0.4) is 0 Å². The average molecular weight is 302 g/mol. The molecule has 0 spiro atoms. The second kappa shape index (κ2) is 6.77. The summed E-state index contributed by atoms with van der Waals surface area (Å²) in [5.41, 5.74) is 1.87. The third kappa shape index (κ3) is 4.08. The molecule has 1 amide bonds. The highest BCUT2D eigenvalue weighted by atomic mass is 35.5.